The number of carbonyl (C=O) groups excluding carboxylic acids is 1. The van der Waals surface area contributed by atoms with Crippen LogP contribution in [0, 0.1) is 0 Å². The highest BCUT2D eigenvalue weighted by molar-refractivity contribution is 6.30. The van der Waals surface area contributed by atoms with Crippen molar-refractivity contribution in [3.8, 4) is 0 Å². The molecule has 1 heterocycles. The van der Waals surface area contributed by atoms with Gasteiger partial charge in [-0.25, -0.2) is 9.97 Å². The van der Waals surface area contributed by atoms with Crippen LogP contribution in [0.4, 0.5) is 13.2 Å². The van der Waals surface area contributed by atoms with Gasteiger partial charge in [-0.3, -0.25) is 4.79 Å². The summed E-state index contributed by atoms with van der Waals surface area (Å²) in [4.78, 5) is 18.7. The van der Waals surface area contributed by atoms with Crippen LogP contribution in [0.1, 0.15) is 21.9 Å². The molecule has 20 heavy (non-hydrogen) atoms. The number of hydrogen-bond donors (Lipinski definition) is 0. The highest BCUT2D eigenvalue weighted by atomic mass is 35.5. The Morgan fingerprint density at radius 3 is 2.20 bits per heavy atom. The van der Waals surface area contributed by atoms with Gasteiger partial charge in [-0.15, -0.1) is 0 Å². The summed E-state index contributed by atoms with van der Waals surface area (Å²) in [7, 11) is 0. The van der Waals surface area contributed by atoms with Crippen molar-refractivity contribution < 1.29 is 18.0 Å². The van der Waals surface area contributed by atoms with Gasteiger partial charge in [0.15, 0.2) is 0 Å². The van der Waals surface area contributed by atoms with E-state index in [2.05, 4.69) is 9.97 Å². The summed E-state index contributed by atoms with van der Waals surface area (Å²) in [6.45, 7) is 0. The fraction of sp³-hybridized carbons (Fsp3) is 0.0833. The van der Waals surface area contributed by atoms with Crippen molar-refractivity contribution >= 4 is 29.0 Å². The van der Waals surface area contributed by atoms with Crippen molar-refractivity contribution in [1.82, 2.24) is 9.97 Å². The molecule has 1 aromatic carbocycles. The van der Waals surface area contributed by atoms with Crippen LogP contribution in [0.3, 0.4) is 0 Å². The molecule has 104 valence electrons. The minimum absolute atomic E-state index is 0.116. The van der Waals surface area contributed by atoms with E-state index in [1.165, 1.54) is 24.3 Å². The van der Waals surface area contributed by atoms with Gasteiger partial charge in [-0.1, -0.05) is 23.2 Å². The van der Waals surface area contributed by atoms with E-state index in [-0.39, 0.29) is 5.56 Å². The maximum atomic E-state index is 12.6. The molecule has 0 aliphatic carbocycles. The monoisotopic (exact) mass is 320 g/mol. The zero-order chi connectivity index (χ0) is 14.9. The summed E-state index contributed by atoms with van der Waals surface area (Å²) in [6.07, 6.45) is -4.71. The average molecular weight is 321 g/mol. The van der Waals surface area contributed by atoms with Gasteiger partial charge in [-0.2, -0.15) is 13.2 Å². The number of benzene rings is 1. The Morgan fingerprint density at radius 1 is 1.05 bits per heavy atom. The number of halogens is 5. The summed E-state index contributed by atoms with van der Waals surface area (Å²) in [5, 5.41) is -0.0609. The van der Waals surface area contributed by atoms with Crippen LogP contribution < -0.4 is 0 Å². The van der Waals surface area contributed by atoms with Crippen molar-refractivity contribution in [2.45, 2.75) is 6.18 Å². The molecule has 0 saturated carbocycles. The number of carbonyl (C=O) groups is 1. The summed E-state index contributed by atoms with van der Waals surface area (Å²) in [6, 6.07) is 6.15. The number of hydrogen-bond acceptors (Lipinski definition) is 3. The van der Waals surface area contributed by atoms with Crippen LogP contribution in [-0.4, -0.2) is 15.8 Å². The van der Waals surface area contributed by atoms with Gasteiger partial charge in [0, 0.05) is 16.7 Å². The molecule has 0 unspecified atom stereocenters. The van der Waals surface area contributed by atoms with Crippen LogP contribution in [-0.2, 0) is 6.18 Å². The maximum Gasteiger partial charge on any atom is 0.433 e. The molecule has 0 N–H and O–H groups in total. The SMILES string of the molecule is O=C(c1ccc(Cl)cc1)c1nc(Cl)cc(C(F)(F)F)n1. The molecule has 0 fully saturated rings. The van der Waals surface area contributed by atoms with Crippen molar-refractivity contribution in [3.05, 3.63) is 57.6 Å². The van der Waals surface area contributed by atoms with Crippen molar-refractivity contribution in [2.75, 3.05) is 0 Å². The molecule has 2 aromatic rings. The molecule has 2 rings (SSSR count). The van der Waals surface area contributed by atoms with Gasteiger partial charge >= 0.3 is 6.18 Å². The quantitative estimate of drug-likeness (QED) is 0.619. The van der Waals surface area contributed by atoms with Gasteiger partial charge in [0.2, 0.25) is 11.6 Å². The molecule has 0 radical (unpaired) electrons. The van der Waals surface area contributed by atoms with Crippen LogP contribution in [0.5, 0.6) is 0 Å². The normalized spacial score (nSPS) is 11.4. The molecular formula is C12H5Cl2F3N2O. The third-order valence-corrected chi connectivity index (χ3v) is 2.74. The molecule has 8 heteroatoms. The van der Waals surface area contributed by atoms with Crippen molar-refractivity contribution in [2.24, 2.45) is 0 Å². The van der Waals surface area contributed by atoms with Crippen LogP contribution in [0.25, 0.3) is 0 Å². The van der Waals surface area contributed by atoms with Gasteiger partial charge in [-0.05, 0) is 24.3 Å². The number of aromatic nitrogens is 2. The fourth-order valence-electron chi connectivity index (χ4n) is 1.39. The smallest absolute Gasteiger partial charge is 0.285 e. The first-order valence-corrected chi connectivity index (χ1v) is 5.95. The van der Waals surface area contributed by atoms with E-state index < -0.39 is 28.6 Å². The van der Waals surface area contributed by atoms with E-state index in [0.29, 0.717) is 11.1 Å². The third kappa shape index (κ3) is 3.26. The molecule has 0 saturated heterocycles. The lowest BCUT2D eigenvalue weighted by molar-refractivity contribution is -0.141. The predicted molar refractivity (Wildman–Crippen MR) is 66.9 cm³/mol. The van der Waals surface area contributed by atoms with E-state index in [4.69, 9.17) is 23.2 Å². The van der Waals surface area contributed by atoms with E-state index in [9.17, 15) is 18.0 Å². The predicted octanol–water partition coefficient (Wildman–Crippen LogP) is 4.03. The second-order valence-electron chi connectivity index (χ2n) is 3.73. The Bertz CT molecular complexity index is 657. The van der Waals surface area contributed by atoms with Crippen LogP contribution in [0.2, 0.25) is 10.2 Å². The average Bonchev–Trinajstić information content (AvgIpc) is 2.37. The van der Waals surface area contributed by atoms with Gasteiger partial charge in [0.25, 0.3) is 0 Å². The number of alkyl halides is 3. The highest BCUT2D eigenvalue weighted by Gasteiger charge is 2.34. The molecule has 0 aliphatic rings. The Labute approximate surface area is 121 Å². The summed E-state index contributed by atoms with van der Waals surface area (Å²) >= 11 is 11.1. The Hall–Kier alpha value is -1.66. The minimum atomic E-state index is -4.71. The Morgan fingerprint density at radius 2 is 1.65 bits per heavy atom. The first kappa shape index (κ1) is 14.7. The lowest BCUT2D eigenvalue weighted by atomic mass is 10.1. The molecule has 0 bridgehead atoms. The second-order valence-corrected chi connectivity index (χ2v) is 4.56. The maximum absolute atomic E-state index is 12.6. The molecule has 0 atom stereocenters. The first-order valence-electron chi connectivity index (χ1n) is 5.19. The zero-order valence-corrected chi connectivity index (χ0v) is 11.1. The fourth-order valence-corrected chi connectivity index (χ4v) is 1.70. The Kier molecular flexibility index (Phi) is 3.96. The standard InChI is InChI=1S/C12H5Cl2F3N2O/c13-7-3-1-6(2-4-7)10(20)11-18-8(12(15,16)17)5-9(14)19-11/h1-5H. The van der Waals surface area contributed by atoms with Crippen molar-refractivity contribution in [1.29, 1.82) is 0 Å². The van der Waals surface area contributed by atoms with Crippen LogP contribution >= 0.6 is 23.2 Å². The largest absolute Gasteiger partial charge is 0.433 e. The summed E-state index contributed by atoms with van der Waals surface area (Å²) in [5.41, 5.74) is -1.15. The molecule has 1 aromatic heterocycles. The molecule has 0 aliphatic heterocycles. The number of rotatable bonds is 2. The van der Waals surface area contributed by atoms with Crippen LogP contribution in [0.15, 0.2) is 30.3 Å². The molecular weight excluding hydrogens is 316 g/mol. The van der Waals surface area contributed by atoms with E-state index in [1.807, 2.05) is 0 Å². The highest BCUT2D eigenvalue weighted by Crippen LogP contribution is 2.29. The number of ketones is 1. The third-order valence-electron chi connectivity index (χ3n) is 2.29. The number of nitrogens with zero attached hydrogens (tertiary/aromatic N) is 2. The Balaban J connectivity index is 2.45. The summed E-state index contributed by atoms with van der Waals surface area (Å²) < 4.78 is 37.8. The van der Waals surface area contributed by atoms with E-state index in [0.717, 1.165) is 0 Å². The minimum Gasteiger partial charge on any atom is -0.285 e. The molecule has 0 spiro atoms. The second kappa shape index (κ2) is 5.38. The van der Waals surface area contributed by atoms with E-state index in [1.54, 1.807) is 0 Å². The topological polar surface area (TPSA) is 42.9 Å². The van der Waals surface area contributed by atoms with Gasteiger partial charge in [0.1, 0.15) is 10.8 Å². The zero-order valence-electron chi connectivity index (χ0n) is 9.58. The van der Waals surface area contributed by atoms with E-state index >= 15 is 0 Å². The van der Waals surface area contributed by atoms with Gasteiger partial charge in [0.05, 0.1) is 0 Å². The molecule has 3 nitrogen and oxygen atoms in total. The van der Waals surface area contributed by atoms with Gasteiger partial charge < -0.3 is 0 Å². The lowest BCUT2D eigenvalue weighted by Gasteiger charge is -2.07. The first-order chi connectivity index (χ1) is 9.27. The lowest BCUT2D eigenvalue weighted by Crippen LogP contribution is -2.14. The molecule has 0 amide bonds. The summed E-state index contributed by atoms with van der Waals surface area (Å²) in [5.74, 6) is -1.39. The van der Waals surface area contributed by atoms with Crippen molar-refractivity contribution in [3.63, 3.8) is 0 Å².